The van der Waals surface area contributed by atoms with Crippen LogP contribution in [-0.4, -0.2) is 25.7 Å². The van der Waals surface area contributed by atoms with Gasteiger partial charge in [0.25, 0.3) is 0 Å². The number of nitrogens with one attached hydrogen (secondary N) is 1. The van der Waals surface area contributed by atoms with Gasteiger partial charge in [-0.05, 0) is 18.8 Å². The summed E-state index contributed by atoms with van der Waals surface area (Å²) < 4.78 is 5.19. The summed E-state index contributed by atoms with van der Waals surface area (Å²) in [7, 11) is 0. The molecule has 0 spiro atoms. The highest BCUT2D eigenvalue weighted by Crippen LogP contribution is 2.41. The second kappa shape index (κ2) is 13.4. The second-order valence-corrected chi connectivity index (χ2v) is 5.32. The highest BCUT2D eigenvalue weighted by Gasteiger charge is 2.41. The van der Waals surface area contributed by atoms with Gasteiger partial charge in [-0.25, -0.2) is 0 Å². The van der Waals surface area contributed by atoms with Crippen molar-refractivity contribution in [3.63, 3.8) is 0 Å². The van der Waals surface area contributed by atoms with Crippen LogP contribution in [0.2, 0.25) is 0 Å². The van der Waals surface area contributed by atoms with Gasteiger partial charge in [0.2, 0.25) is 5.91 Å². The molecule has 0 aromatic rings. The van der Waals surface area contributed by atoms with Crippen LogP contribution in [0.15, 0.2) is 0 Å². The summed E-state index contributed by atoms with van der Waals surface area (Å²) in [4.78, 5) is 12.1. The molecule has 0 aromatic carbocycles. The van der Waals surface area contributed by atoms with E-state index in [-0.39, 0.29) is 16.7 Å². The largest absolute Gasteiger partial charge is 0.380 e. The van der Waals surface area contributed by atoms with Crippen molar-refractivity contribution in [3.8, 4) is 0 Å². The normalized spacial score (nSPS) is 10.7. The molecule has 0 aliphatic rings. The third-order valence-electron chi connectivity index (χ3n) is 3.88. The highest BCUT2D eigenvalue weighted by molar-refractivity contribution is 5.82. The van der Waals surface area contributed by atoms with Gasteiger partial charge in [0.05, 0.1) is 6.61 Å². The standard InChI is InChI=1S/C13H27NO2.2C2H6/c1-7-12(3,4)13(5,6)11(15)14-9-10-16-8-2;2*1-2/h7-10H2,1-6H3,(H,14,15);2*1-2H3. The molecule has 0 aliphatic carbocycles. The van der Waals surface area contributed by atoms with E-state index in [0.717, 1.165) is 6.42 Å². The number of rotatable bonds is 7. The third kappa shape index (κ3) is 8.57. The summed E-state index contributed by atoms with van der Waals surface area (Å²) in [5, 5.41) is 2.93. The fourth-order valence-corrected chi connectivity index (χ4v) is 1.35. The van der Waals surface area contributed by atoms with Gasteiger partial charge in [0.1, 0.15) is 0 Å². The molecule has 0 heterocycles. The van der Waals surface area contributed by atoms with Crippen LogP contribution >= 0.6 is 0 Å². The SMILES string of the molecule is CC.CC.CCOCCNC(=O)C(C)(C)C(C)(C)CC. The molecule has 0 fully saturated rings. The Morgan fingerprint density at radius 2 is 1.45 bits per heavy atom. The van der Waals surface area contributed by atoms with E-state index < -0.39 is 0 Å². The van der Waals surface area contributed by atoms with Crippen LogP contribution in [0.5, 0.6) is 0 Å². The topological polar surface area (TPSA) is 38.3 Å². The minimum atomic E-state index is -0.353. The molecule has 0 saturated heterocycles. The van der Waals surface area contributed by atoms with Gasteiger partial charge in [0, 0.05) is 18.6 Å². The lowest BCUT2D eigenvalue weighted by Gasteiger charge is -2.39. The molecular formula is C17H39NO2. The number of carbonyl (C=O) groups excluding carboxylic acids is 1. The predicted octanol–water partition coefficient (Wildman–Crippen LogP) is 4.65. The van der Waals surface area contributed by atoms with Gasteiger partial charge < -0.3 is 10.1 Å². The van der Waals surface area contributed by atoms with E-state index in [2.05, 4.69) is 26.1 Å². The van der Waals surface area contributed by atoms with Crippen molar-refractivity contribution in [3.05, 3.63) is 0 Å². The molecule has 0 aliphatic heterocycles. The van der Waals surface area contributed by atoms with Crippen molar-refractivity contribution in [2.45, 2.75) is 75.7 Å². The molecule has 0 radical (unpaired) electrons. The lowest BCUT2D eigenvalue weighted by Crippen LogP contribution is -2.46. The molecule has 0 bridgehead atoms. The molecule has 0 saturated carbocycles. The Hall–Kier alpha value is -0.570. The molecule has 3 heteroatoms. The van der Waals surface area contributed by atoms with Crippen LogP contribution in [0.25, 0.3) is 0 Å². The smallest absolute Gasteiger partial charge is 0.226 e. The van der Waals surface area contributed by atoms with Crippen LogP contribution in [-0.2, 0) is 9.53 Å². The Labute approximate surface area is 127 Å². The Balaban J connectivity index is -0.000000656. The predicted molar refractivity (Wildman–Crippen MR) is 90.1 cm³/mol. The quantitative estimate of drug-likeness (QED) is 0.693. The van der Waals surface area contributed by atoms with Gasteiger partial charge >= 0.3 is 0 Å². The summed E-state index contributed by atoms with van der Waals surface area (Å²) in [6, 6.07) is 0. The van der Waals surface area contributed by atoms with E-state index in [1.807, 2.05) is 48.5 Å². The summed E-state index contributed by atoms with van der Waals surface area (Å²) in [5.41, 5.74) is -0.351. The zero-order valence-corrected chi connectivity index (χ0v) is 15.6. The van der Waals surface area contributed by atoms with E-state index in [4.69, 9.17) is 4.74 Å². The molecule has 20 heavy (non-hydrogen) atoms. The van der Waals surface area contributed by atoms with Gasteiger partial charge in [-0.15, -0.1) is 0 Å². The first-order valence-electron chi connectivity index (χ1n) is 8.15. The first-order valence-corrected chi connectivity index (χ1v) is 8.15. The maximum Gasteiger partial charge on any atom is 0.226 e. The maximum atomic E-state index is 12.1. The highest BCUT2D eigenvalue weighted by atomic mass is 16.5. The van der Waals surface area contributed by atoms with Gasteiger partial charge in [-0.1, -0.05) is 62.3 Å². The van der Waals surface area contributed by atoms with Crippen molar-refractivity contribution in [1.82, 2.24) is 5.32 Å². The van der Waals surface area contributed by atoms with E-state index in [1.165, 1.54) is 0 Å². The molecule has 1 N–H and O–H groups in total. The number of ether oxygens (including phenoxy) is 1. The van der Waals surface area contributed by atoms with Crippen molar-refractivity contribution in [1.29, 1.82) is 0 Å². The molecule has 0 aromatic heterocycles. The maximum absolute atomic E-state index is 12.1. The van der Waals surface area contributed by atoms with Crippen LogP contribution in [0, 0.1) is 10.8 Å². The van der Waals surface area contributed by atoms with Crippen molar-refractivity contribution < 1.29 is 9.53 Å². The third-order valence-corrected chi connectivity index (χ3v) is 3.88. The van der Waals surface area contributed by atoms with Crippen LogP contribution in [0.4, 0.5) is 0 Å². The zero-order valence-electron chi connectivity index (χ0n) is 15.6. The number of hydrogen-bond acceptors (Lipinski definition) is 2. The van der Waals surface area contributed by atoms with E-state index in [9.17, 15) is 4.79 Å². The van der Waals surface area contributed by atoms with Crippen molar-refractivity contribution in [2.75, 3.05) is 19.8 Å². The molecule has 0 rings (SSSR count). The molecule has 0 unspecified atom stereocenters. The monoisotopic (exact) mass is 289 g/mol. The molecule has 3 nitrogen and oxygen atoms in total. The summed E-state index contributed by atoms with van der Waals surface area (Å²) in [5.74, 6) is 0.110. The van der Waals surface area contributed by atoms with Crippen LogP contribution in [0.3, 0.4) is 0 Å². The zero-order chi connectivity index (χ0) is 16.8. The first kappa shape index (κ1) is 24.4. The average molecular weight is 290 g/mol. The molecular weight excluding hydrogens is 250 g/mol. The first-order chi connectivity index (χ1) is 9.29. The Morgan fingerprint density at radius 3 is 1.80 bits per heavy atom. The Bertz CT molecular complexity index is 223. The fraction of sp³-hybridized carbons (Fsp3) is 0.941. The molecule has 1 amide bonds. The number of carbonyl (C=O) groups is 1. The summed E-state index contributed by atoms with van der Waals surface area (Å²) in [6.45, 7) is 22.2. The number of hydrogen-bond donors (Lipinski definition) is 1. The second-order valence-electron chi connectivity index (χ2n) is 5.32. The van der Waals surface area contributed by atoms with Crippen LogP contribution in [0.1, 0.15) is 75.7 Å². The van der Waals surface area contributed by atoms with Crippen LogP contribution < -0.4 is 5.32 Å². The van der Waals surface area contributed by atoms with E-state index in [1.54, 1.807) is 0 Å². The lowest BCUT2D eigenvalue weighted by molar-refractivity contribution is -0.135. The minimum absolute atomic E-state index is 0.00268. The van der Waals surface area contributed by atoms with E-state index in [0.29, 0.717) is 19.8 Å². The summed E-state index contributed by atoms with van der Waals surface area (Å²) in [6.07, 6.45) is 0.985. The van der Waals surface area contributed by atoms with Gasteiger partial charge in [-0.2, -0.15) is 0 Å². The fourth-order valence-electron chi connectivity index (χ4n) is 1.35. The van der Waals surface area contributed by atoms with E-state index >= 15 is 0 Å². The summed E-state index contributed by atoms with van der Waals surface area (Å²) >= 11 is 0. The number of amides is 1. The van der Waals surface area contributed by atoms with Crippen molar-refractivity contribution in [2.24, 2.45) is 10.8 Å². The Morgan fingerprint density at radius 1 is 1.00 bits per heavy atom. The molecule has 124 valence electrons. The van der Waals surface area contributed by atoms with Gasteiger partial charge in [-0.3, -0.25) is 4.79 Å². The lowest BCUT2D eigenvalue weighted by atomic mass is 9.66. The van der Waals surface area contributed by atoms with Crippen molar-refractivity contribution >= 4 is 5.91 Å². The molecule has 0 atom stereocenters. The average Bonchev–Trinajstić information content (AvgIpc) is 2.47. The minimum Gasteiger partial charge on any atom is -0.380 e. The Kier molecular flexibility index (Phi) is 16.4. The van der Waals surface area contributed by atoms with Gasteiger partial charge in [0.15, 0.2) is 0 Å².